The van der Waals surface area contributed by atoms with E-state index in [2.05, 4.69) is 26.2 Å². The van der Waals surface area contributed by atoms with Crippen molar-refractivity contribution in [1.29, 1.82) is 0 Å². The number of hydrogen-bond acceptors (Lipinski definition) is 6. The molecule has 1 saturated heterocycles. The summed E-state index contributed by atoms with van der Waals surface area (Å²) in [5, 5.41) is 17.2. The zero-order chi connectivity index (χ0) is 13.9. The summed E-state index contributed by atoms with van der Waals surface area (Å²) in [6.45, 7) is 1.97. The fourth-order valence-corrected chi connectivity index (χ4v) is 2.94. The standard InChI is InChI=1S/C12H14N6OS/c1-8-2-3-9(4-11(8)18-6-14-16-17-18)15-12(19)10-5-20-7-13-10/h2-4,6,10,13H,5,7H2,1H3,(H,15,19). The molecule has 104 valence electrons. The third-order valence-electron chi connectivity index (χ3n) is 3.11. The van der Waals surface area contributed by atoms with Crippen molar-refractivity contribution in [3.63, 3.8) is 0 Å². The third-order valence-corrected chi connectivity index (χ3v) is 4.05. The van der Waals surface area contributed by atoms with Gasteiger partial charge in [-0.1, -0.05) is 6.07 Å². The van der Waals surface area contributed by atoms with Crippen LogP contribution in [0, 0.1) is 6.92 Å². The van der Waals surface area contributed by atoms with Crippen LogP contribution in [0.1, 0.15) is 5.56 Å². The Hall–Kier alpha value is -1.93. The minimum absolute atomic E-state index is 0.0125. The first-order valence-corrected chi connectivity index (χ1v) is 7.35. The average molecular weight is 290 g/mol. The summed E-state index contributed by atoms with van der Waals surface area (Å²) >= 11 is 1.72. The van der Waals surface area contributed by atoms with Gasteiger partial charge in [0.2, 0.25) is 5.91 Å². The highest BCUT2D eigenvalue weighted by atomic mass is 32.2. The lowest BCUT2D eigenvalue weighted by Gasteiger charge is -2.12. The van der Waals surface area contributed by atoms with Crippen LogP contribution >= 0.6 is 11.8 Å². The number of tetrazole rings is 1. The van der Waals surface area contributed by atoms with Crippen molar-refractivity contribution in [1.82, 2.24) is 25.5 Å². The molecular weight excluding hydrogens is 276 g/mol. The number of aryl methyl sites for hydroxylation is 1. The number of anilines is 1. The molecule has 1 aliphatic rings. The van der Waals surface area contributed by atoms with E-state index < -0.39 is 0 Å². The molecule has 0 aliphatic carbocycles. The van der Waals surface area contributed by atoms with Crippen molar-refractivity contribution < 1.29 is 4.79 Å². The first kappa shape index (κ1) is 13.1. The number of thioether (sulfide) groups is 1. The predicted octanol–water partition coefficient (Wildman–Crippen LogP) is 0.572. The molecule has 1 unspecified atom stereocenters. The summed E-state index contributed by atoms with van der Waals surface area (Å²) in [5.74, 6) is 1.61. The average Bonchev–Trinajstić information content (AvgIpc) is 3.14. The number of amides is 1. The first-order chi connectivity index (χ1) is 9.74. The lowest BCUT2D eigenvalue weighted by Crippen LogP contribution is -2.37. The quantitative estimate of drug-likeness (QED) is 0.860. The van der Waals surface area contributed by atoms with Gasteiger partial charge in [0.05, 0.1) is 11.7 Å². The lowest BCUT2D eigenvalue weighted by molar-refractivity contribution is -0.117. The van der Waals surface area contributed by atoms with Gasteiger partial charge in [0.1, 0.15) is 6.33 Å². The molecular formula is C12H14N6OS. The van der Waals surface area contributed by atoms with E-state index in [0.717, 1.165) is 28.6 Å². The van der Waals surface area contributed by atoms with Gasteiger partial charge in [-0.05, 0) is 35.0 Å². The molecule has 1 atom stereocenters. The Balaban J connectivity index is 1.80. The molecule has 3 rings (SSSR count). The van der Waals surface area contributed by atoms with E-state index in [9.17, 15) is 4.79 Å². The highest BCUT2D eigenvalue weighted by Gasteiger charge is 2.22. The van der Waals surface area contributed by atoms with Crippen LogP contribution < -0.4 is 10.6 Å². The highest BCUT2D eigenvalue weighted by molar-refractivity contribution is 7.99. The van der Waals surface area contributed by atoms with Crippen molar-refractivity contribution in [3.8, 4) is 5.69 Å². The number of aromatic nitrogens is 4. The van der Waals surface area contributed by atoms with E-state index in [4.69, 9.17) is 0 Å². The van der Waals surface area contributed by atoms with Crippen molar-refractivity contribution in [2.75, 3.05) is 16.9 Å². The molecule has 8 heteroatoms. The molecule has 1 aliphatic heterocycles. The summed E-state index contributed by atoms with van der Waals surface area (Å²) in [5.41, 5.74) is 2.62. The zero-order valence-electron chi connectivity index (χ0n) is 10.9. The molecule has 1 aromatic carbocycles. The molecule has 20 heavy (non-hydrogen) atoms. The molecule has 1 aromatic heterocycles. The van der Waals surface area contributed by atoms with Gasteiger partial charge in [0.15, 0.2) is 0 Å². The van der Waals surface area contributed by atoms with Gasteiger partial charge in [0.25, 0.3) is 0 Å². The molecule has 2 N–H and O–H groups in total. The van der Waals surface area contributed by atoms with E-state index in [1.807, 2.05) is 25.1 Å². The molecule has 0 spiro atoms. The summed E-state index contributed by atoms with van der Waals surface area (Å²) in [6, 6.07) is 5.55. The third kappa shape index (κ3) is 2.66. The number of benzene rings is 1. The topological polar surface area (TPSA) is 84.7 Å². The van der Waals surface area contributed by atoms with Crippen molar-refractivity contribution in [2.24, 2.45) is 0 Å². The Bertz CT molecular complexity index is 608. The molecule has 1 fully saturated rings. The van der Waals surface area contributed by atoms with E-state index in [1.165, 1.54) is 6.33 Å². The Labute approximate surface area is 120 Å². The van der Waals surface area contributed by atoms with Crippen LogP contribution in [0.2, 0.25) is 0 Å². The van der Waals surface area contributed by atoms with Gasteiger partial charge in [0, 0.05) is 17.3 Å². The Morgan fingerprint density at radius 2 is 2.45 bits per heavy atom. The number of nitrogens with one attached hydrogen (secondary N) is 2. The number of rotatable bonds is 3. The number of nitrogens with zero attached hydrogens (tertiary/aromatic N) is 4. The van der Waals surface area contributed by atoms with Gasteiger partial charge in [-0.2, -0.15) is 0 Å². The highest BCUT2D eigenvalue weighted by Crippen LogP contribution is 2.19. The first-order valence-electron chi connectivity index (χ1n) is 6.20. The number of carbonyl (C=O) groups excluding carboxylic acids is 1. The van der Waals surface area contributed by atoms with E-state index >= 15 is 0 Å². The van der Waals surface area contributed by atoms with Crippen LogP contribution in [0.5, 0.6) is 0 Å². The minimum atomic E-state index is -0.127. The fourth-order valence-electron chi connectivity index (χ4n) is 2.00. The van der Waals surface area contributed by atoms with Crippen LogP contribution in [0.4, 0.5) is 5.69 Å². The Kier molecular flexibility index (Phi) is 3.66. The van der Waals surface area contributed by atoms with Crippen LogP contribution in [-0.4, -0.2) is 43.8 Å². The van der Waals surface area contributed by atoms with Crippen LogP contribution in [-0.2, 0) is 4.79 Å². The largest absolute Gasteiger partial charge is 0.325 e. The molecule has 0 radical (unpaired) electrons. The smallest absolute Gasteiger partial charge is 0.242 e. The Morgan fingerprint density at radius 3 is 3.15 bits per heavy atom. The van der Waals surface area contributed by atoms with Gasteiger partial charge < -0.3 is 5.32 Å². The lowest BCUT2D eigenvalue weighted by atomic mass is 10.1. The maximum atomic E-state index is 12.1. The van der Waals surface area contributed by atoms with Crippen LogP contribution in [0.3, 0.4) is 0 Å². The minimum Gasteiger partial charge on any atom is -0.325 e. The van der Waals surface area contributed by atoms with Crippen molar-refractivity contribution >= 4 is 23.4 Å². The summed E-state index contributed by atoms with van der Waals surface area (Å²) < 4.78 is 1.58. The van der Waals surface area contributed by atoms with Crippen LogP contribution in [0.15, 0.2) is 24.5 Å². The van der Waals surface area contributed by atoms with E-state index in [1.54, 1.807) is 16.4 Å². The number of carbonyl (C=O) groups is 1. The molecule has 2 aromatic rings. The Morgan fingerprint density at radius 1 is 1.55 bits per heavy atom. The monoisotopic (exact) mass is 290 g/mol. The molecule has 1 amide bonds. The molecule has 0 saturated carbocycles. The van der Waals surface area contributed by atoms with Gasteiger partial charge >= 0.3 is 0 Å². The number of hydrogen-bond donors (Lipinski definition) is 2. The second-order valence-electron chi connectivity index (χ2n) is 4.52. The SMILES string of the molecule is Cc1ccc(NC(=O)C2CSCN2)cc1-n1cnnn1. The summed E-state index contributed by atoms with van der Waals surface area (Å²) in [6.07, 6.45) is 1.53. The van der Waals surface area contributed by atoms with Crippen LogP contribution in [0.25, 0.3) is 5.69 Å². The molecule has 7 nitrogen and oxygen atoms in total. The second-order valence-corrected chi connectivity index (χ2v) is 5.55. The van der Waals surface area contributed by atoms with E-state index in [-0.39, 0.29) is 11.9 Å². The zero-order valence-corrected chi connectivity index (χ0v) is 11.7. The van der Waals surface area contributed by atoms with Gasteiger partial charge in [-0.3, -0.25) is 10.1 Å². The van der Waals surface area contributed by atoms with Crippen molar-refractivity contribution in [2.45, 2.75) is 13.0 Å². The summed E-state index contributed by atoms with van der Waals surface area (Å²) in [7, 11) is 0. The predicted molar refractivity (Wildman–Crippen MR) is 76.8 cm³/mol. The second kappa shape index (κ2) is 5.59. The van der Waals surface area contributed by atoms with Gasteiger partial charge in [-0.25, -0.2) is 4.68 Å². The molecule has 0 bridgehead atoms. The maximum Gasteiger partial charge on any atom is 0.242 e. The normalized spacial score (nSPS) is 18.1. The maximum absolute atomic E-state index is 12.1. The van der Waals surface area contributed by atoms with E-state index in [0.29, 0.717) is 0 Å². The molecule has 2 heterocycles. The fraction of sp³-hybridized carbons (Fsp3) is 0.333. The van der Waals surface area contributed by atoms with Crippen molar-refractivity contribution in [3.05, 3.63) is 30.1 Å². The van der Waals surface area contributed by atoms with Gasteiger partial charge in [-0.15, -0.1) is 16.9 Å². The summed E-state index contributed by atoms with van der Waals surface area (Å²) in [4.78, 5) is 12.1.